The molecule has 2 heterocycles. The van der Waals surface area contributed by atoms with E-state index < -0.39 is 0 Å². The molecule has 0 unspecified atom stereocenters. The Balaban J connectivity index is 1.92. The molecule has 98 valence electrons. The van der Waals surface area contributed by atoms with E-state index in [1.54, 1.807) is 4.90 Å². The second-order valence-corrected chi connectivity index (χ2v) is 4.62. The number of carbonyl (C=O) groups is 1. The number of aromatic nitrogens is 1. The maximum absolute atomic E-state index is 11.8. The first kappa shape index (κ1) is 11.6. The van der Waals surface area contributed by atoms with Crippen molar-refractivity contribution in [1.29, 1.82) is 0 Å². The lowest BCUT2D eigenvalue weighted by Gasteiger charge is -2.25. The van der Waals surface area contributed by atoms with Crippen LogP contribution in [0, 0.1) is 0 Å². The first-order chi connectivity index (χ1) is 9.15. The third kappa shape index (κ3) is 2.01. The Hall–Kier alpha value is -2.50. The molecule has 1 aromatic carbocycles. The van der Waals surface area contributed by atoms with E-state index in [0.717, 1.165) is 17.6 Å². The van der Waals surface area contributed by atoms with E-state index in [-0.39, 0.29) is 12.0 Å². The topological polar surface area (TPSA) is 100 Å². The minimum Gasteiger partial charge on any atom is -0.370 e. The second-order valence-electron chi connectivity index (χ2n) is 4.62. The summed E-state index contributed by atoms with van der Waals surface area (Å²) in [5.41, 5.74) is 13.9. The molecule has 2 amide bonds. The quantitative estimate of drug-likeness (QED) is 0.483. The number of H-pyrrole nitrogens is 1. The third-order valence-electron chi connectivity index (χ3n) is 3.38. The summed E-state index contributed by atoms with van der Waals surface area (Å²) in [6.45, 7) is 1.14. The lowest BCUT2D eigenvalue weighted by atomic mass is 10.0. The number of nitrogens with zero attached hydrogens (tertiary/aromatic N) is 2. The van der Waals surface area contributed by atoms with Crippen molar-refractivity contribution in [1.82, 2.24) is 9.88 Å². The largest absolute Gasteiger partial charge is 0.370 e. The van der Waals surface area contributed by atoms with E-state index in [1.165, 1.54) is 10.9 Å². The molecule has 1 aromatic heterocycles. The average Bonchev–Trinajstić information content (AvgIpc) is 2.75. The van der Waals surface area contributed by atoms with Crippen LogP contribution in [0.2, 0.25) is 0 Å². The predicted octanol–water partition coefficient (Wildman–Crippen LogP) is 0.919. The van der Waals surface area contributed by atoms with E-state index >= 15 is 0 Å². The normalized spacial score (nSPS) is 14.2. The Kier molecular flexibility index (Phi) is 2.63. The van der Waals surface area contributed by atoms with Gasteiger partial charge in [0.2, 0.25) is 0 Å². The van der Waals surface area contributed by atoms with Crippen LogP contribution in [0.1, 0.15) is 11.3 Å². The zero-order chi connectivity index (χ0) is 13.4. The molecule has 6 heteroatoms. The Bertz CT molecular complexity index is 669. The zero-order valence-electron chi connectivity index (χ0n) is 10.4. The maximum Gasteiger partial charge on any atom is 0.347 e. The Morgan fingerprint density at radius 1 is 1.32 bits per heavy atom. The van der Waals surface area contributed by atoms with Crippen LogP contribution in [0.25, 0.3) is 10.9 Å². The molecule has 0 atom stereocenters. The van der Waals surface area contributed by atoms with Gasteiger partial charge in [-0.1, -0.05) is 18.2 Å². The van der Waals surface area contributed by atoms with Crippen molar-refractivity contribution in [2.45, 2.75) is 13.0 Å². The lowest BCUT2D eigenvalue weighted by Crippen LogP contribution is -2.36. The molecule has 19 heavy (non-hydrogen) atoms. The molecule has 0 aliphatic carbocycles. The fraction of sp³-hybridized carbons (Fsp3) is 0.231. The van der Waals surface area contributed by atoms with Crippen LogP contribution >= 0.6 is 0 Å². The van der Waals surface area contributed by atoms with Crippen LogP contribution in [0.5, 0.6) is 0 Å². The number of guanidine groups is 1. The number of hydrogen-bond donors (Lipinski definition) is 3. The highest BCUT2D eigenvalue weighted by Crippen LogP contribution is 2.27. The van der Waals surface area contributed by atoms with Gasteiger partial charge in [0.1, 0.15) is 0 Å². The Morgan fingerprint density at radius 2 is 2.11 bits per heavy atom. The van der Waals surface area contributed by atoms with Gasteiger partial charge in [-0.2, -0.15) is 4.99 Å². The number of nitrogens with one attached hydrogen (secondary N) is 1. The number of aromatic amines is 1. The Morgan fingerprint density at radius 3 is 2.89 bits per heavy atom. The number of benzene rings is 1. The number of amides is 2. The molecule has 0 saturated carbocycles. The number of hydrogen-bond acceptors (Lipinski definition) is 1. The van der Waals surface area contributed by atoms with Gasteiger partial charge >= 0.3 is 6.03 Å². The minimum absolute atomic E-state index is 0.201. The van der Waals surface area contributed by atoms with Crippen LogP contribution in [-0.2, 0) is 13.0 Å². The minimum atomic E-state index is -0.385. The fourth-order valence-electron chi connectivity index (χ4n) is 2.54. The second kappa shape index (κ2) is 4.31. The zero-order valence-corrected chi connectivity index (χ0v) is 10.4. The monoisotopic (exact) mass is 257 g/mol. The van der Waals surface area contributed by atoms with Crippen molar-refractivity contribution in [2.75, 3.05) is 6.54 Å². The van der Waals surface area contributed by atoms with Crippen molar-refractivity contribution < 1.29 is 4.79 Å². The van der Waals surface area contributed by atoms with Crippen LogP contribution in [0.4, 0.5) is 4.79 Å². The summed E-state index contributed by atoms with van der Waals surface area (Å²) in [5, 5.41) is 1.23. The van der Waals surface area contributed by atoms with E-state index in [1.807, 2.05) is 18.2 Å². The lowest BCUT2D eigenvalue weighted by molar-refractivity contribution is 0.202. The first-order valence-electron chi connectivity index (χ1n) is 6.12. The van der Waals surface area contributed by atoms with E-state index in [0.29, 0.717) is 13.1 Å². The summed E-state index contributed by atoms with van der Waals surface area (Å²) in [6, 6.07) is 7.76. The molecule has 6 nitrogen and oxygen atoms in total. The Labute approximate surface area is 110 Å². The standard InChI is InChI=1S/C13H15N5O/c14-12(15)17-13(19)18-6-5-9-8-3-1-2-4-10(8)16-11(9)7-18/h1-4,16H,5-7H2,(H4,14,15,17,19). The number of urea groups is 1. The van der Waals surface area contributed by atoms with Crippen molar-refractivity contribution in [2.24, 2.45) is 16.5 Å². The number of nitrogens with two attached hydrogens (primary N) is 2. The molecular formula is C13H15N5O. The molecule has 0 bridgehead atoms. The van der Waals surface area contributed by atoms with E-state index in [4.69, 9.17) is 11.5 Å². The number of rotatable bonds is 0. The van der Waals surface area contributed by atoms with Crippen LogP contribution in [-0.4, -0.2) is 28.4 Å². The van der Waals surface area contributed by atoms with Crippen LogP contribution in [0.3, 0.4) is 0 Å². The van der Waals surface area contributed by atoms with Crippen molar-refractivity contribution in [3.05, 3.63) is 35.5 Å². The molecule has 1 aliphatic heterocycles. The summed E-state index contributed by atoms with van der Waals surface area (Å²) in [7, 11) is 0. The molecule has 0 spiro atoms. The number of carbonyl (C=O) groups excluding carboxylic acids is 1. The van der Waals surface area contributed by atoms with Gasteiger partial charge in [-0.3, -0.25) is 0 Å². The summed E-state index contributed by atoms with van der Waals surface area (Å²) in [5.74, 6) is -0.201. The van der Waals surface area contributed by atoms with Crippen molar-refractivity contribution in [3.63, 3.8) is 0 Å². The van der Waals surface area contributed by atoms with Gasteiger partial charge in [-0.05, 0) is 18.1 Å². The van der Waals surface area contributed by atoms with E-state index in [2.05, 4.69) is 16.0 Å². The smallest absolute Gasteiger partial charge is 0.347 e. The molecule has 1 aliphatic rings. The summed E-state index contributed by atoms with van der Waals surface area (Å²) in [4.78, 5) is 20.4. The SMILES string of the molecule is NC(N)=NC(=O)N1CCc2c([nH]c3ccccc23)C1. The van der Waals surface area contributed by atoms with Crippen LogP contribution < -0.4 is 11.5 Å². The van der Waals surface area contributed by atoms with Gasteiger partial charge in [0, 0.05) is 23.1 Å². The van der Waals surface area contributed by atoms with Crippen LogP contribution in [0.15, 0.2) is 29.3 Å². The van der Waals surface area contributed by atoms with Gasteiger partial charge in [-0.15, -0.1) is 0 Å². The fourth-order valence-corrected chi connectivity index (χ4v) is 2.54. The summed E-state index contributed by atoms with van der Waals surface area (Å²) in [6.07, 6.45) is 0.811. The molecule has 0 fully saturated rings. The highest BCUT2D eigenvalue weighted by molar-refractivity contribution is 5.91. The highest BCUT2D eigenvalue weighted by atomic mass is 16.2. The first-order valence-corrected chi connectivity index (χ1v) is 6.12. The molecule has 2 aromatic rings. The van der Waals surface area contributed by atoms with Gasteiger partial charge < -0.3 is 21.4 Å². The summed E-state index contributed by atoms with van der Waals surface area (Å²) < 4.78 is 0. The molecular weight excluding hydrogens is 242 g/mol. The third-order valence-corrected chi connectivity index (χ3v) is 3.38. The molecule has 5 N–H and O–H groups in total. The number of fused-ring (bicyclic) bond motifs is 3. The predicted molar refractivity (Wildman–Crippen MR) is 73.6 cm³/mol. The van der Waals surface area contributed by atoms with Gasteiger partial charge in [-0.25, -0.2) is 4.79 Å². The highest BCUT2D eigenvalue weighted by Gasteiger charge is 2.23. The molecule has 3 rings (SSSR count). The maximum atomic E-state index is 11.8. The van der Waals surface area contributed by atoms with E-state index in [9.17, 15) is 4.79 Å². The van der Waals surface area contributed by atoms with Gasteiger partial charge in [0.25, 0.3) is 0 Å². The average molecular weight is 257 g/mol. The van der Waals surface area contributed by atoms with Gasteiger partial charge in [0.05, 0.1) is 6.54 Å². The molecule has 0 saturated heterocycles. The van der Waals surface area contributed by atoms with Gasteiger partial charge in [0.15, 0.2) is 5.96 Å². The van der Waals surface area contributed by atoms with Crippen molar-refractivity contribution in [3.8, 4) is 0 Å². The summed E-state index contributed by atoms with van der Waals surface area (Å²) >= 11 is 0. The van der Waals surface area contributed by atoms with Crippen molar-refractivity contribution >= 4 is 22.9 Å². The number of aliphatic imine (C=N–C) groups is 1. The number of para-hydroxylation sites is 1. The molecule has 0 radical (unpaired) electrons.